The van der Waals surface area contributed by atoms with Gasteiger partial charge in [-0.25, -0.2) is 0 Å². The highest BCUT2D eigenvalue weighted by molar-refractivity contribution is 9.09. The van der Waals surface area contributed by atoms with Crippen molar-refractivity contribution in [1.29, 1.82) is 0 Å². The molecule has 0 unspecified atom stereocenters. The molecule has 0 saturated carbocycles. The predicted octanol–water partition coefficient (Wildman–Crippen LogP) is 5.68. The van der Waals surface area contributed by atoms with Gasteiger partial charge in [-0.1, -0.05) is 71.3 Å². The Morgan fingerprint density at radius 2 is 1.79 bits per heavy atom. The van der Waals surface area contributed by atoms with Crippen molar-refractivity contribution in [3.05, 3.63) is 47.0 Å². The molecule has 1 aromatic carbocycles. The smallest absolute Gasteiger partial charge is 0.0237 e. The number of allylic oxidation sites excluding steroid dienone is 2. The summed E-state index contributed by atoms with van der Waals surface area (Å²) in [6.45, 7) is 9.27. The number of alkyl halides is 1. The zero-order valence-corrected chi connectivity index (χ0v) is 14.1. The zero-order valence-electron chi connectivity index (χ0n) is 12.5. The van der Waals surface area contributed by atoms with Gasteiger partial charge in [0.1, 0.15) is 0 Å². The van der Waals surface area contributed by atoms with Crippen LogP contribution in [-0.2, 0) is 6.42 Å². The van der Waals surface area contributed by atoms with Gasteiger partial charge < -0.3 is 0 Å². The van der Waals surface area contributed by atoms with E-state index in [1.54, 1.807) is 5.57 Å². The summed E-state index contributed by atoms with van der Waals surface area (Å²) in [6.07, 6.45) is 6.02. The summed E-state index contributed by atoms with van der Waals surface area (Å²) >= 11 is 3.87. The van der Waals surface area contributed by atoms with Crippen molar-refractivity contribution in [1.82, 2.24) is 0 Å². The first-order valence-corrected chi connectivity index (χ1v) is 8.19. The Morgan fingerprint density at radius 3 is 2.42 bits per heavy atom. The Labute approximate surface area is 126 Å². The minimum Gasteiger partial charge on any atom is -0.0881 e. The van der Waals surface area contributed by atoms with Gasteiger partial charge in [0.15, 0.2) is 0 Å². The summed E-state index contributed by atoms with van der Waals surface area (Å²) in [6, 6.07) is 8.99. The maximum absolute atomic E-state index is 3.87. The van der Waals surface area contributed by atoms with Crippen molar-refractivity contribution in [2.75, 3.05) is 0 Å². The van der Waals surface area contributed by atoms with Crippen LogP contribution in [0, 0.1) is 18.3 Å². The number of hydrogen-bond acceptors (Lipinski definition) is 0. The Kier molecular flexibility index (Phi) is 4.55. The highest BCUT2D eigenvalue weighted by Gasteiger charge is 2.38. The third-order valence-electron chi connectivity index (χ3n) is 4.74. The first-order valence-electron chi connectivity index (χ1n) is 7.27. The summed E-state index contributed by atoms with van der Waals surface area (Å²) < 4.78 is 0. The molecular weight excluding hydrogens is 296 g/mol. The van der Waals surface area contributed by atoms with Crippen LogP contribution in [0.1, 0.15) is 44.7 Å². The average Bonchev–Trinajstić information content (AvgIpc) is 2.36. The number of halogens is 1. The van der Waals surface area contributed by atoms with Gasteiger partial charge in [-0.2, -0.15) is 0 Å². The van der Waals surface area contributed by atoms with E-state index in [1.807, 2.05) is 0 Å². The van der Waals surface area contributed by atoms with E-state index in [2.05, 4.69) is 74.0 Å². The fraction of sp³-hybridized carbons (Fsp3) is 0.556. The van der Waals surface area contributed by atoms with Crippen molar-refractivity contribution < 1.29 is 0 Å². The fourth-order valence-electron chi connectivity index (χ4n) is 3.21. The van der Waals surface area contributed by atoms with Crippen LogP contribution >= 0.6 is 15.9 Å². The Morgan fingerprint density at radius 1 is 1.16 bits per heavy atom. The Hall–Kier alpha value is -0.560. The van der Waals surface area contributed by atoms with Crippen LogP contribution in [0.5, 0.6) is 0 Å². The molecular formula is C18H25Br. The number of rotatable bonds is 3. The molecule has 19 heavy (non-hydrogen) atoms. The standard InChI is InChI=1S/C18H25Br/c1-13-5-8-15(9-6-13)10-11-16-14(2)7-12-17(19)18(16,3)4/h5-9,16-17H,10-12H2,1-4H3/t16-,17+/m0/s1. The van der Waals surface area contributed by atoms with Crippen LogP contribution in [0.4, 0.5) is 0 Å². The second kappa shape index (κ2) is 5.83. The largest absolute Gasteiger partial charge is 0.0881 e. The molecule has 0 radical (unpaired) electrons. The van der Waals surface area contributed by atoms with Crippen LogP contribution in [0.15, 0.2) is 35.9 Å². The molecule has 1 aliphatic carbocycles. The lowest BCUT2D eigenvalue weighted by molar-refractivity contribution is 0.217. The number of hydrogen-bond donors (Lipinski definition) is 0. The number of aryl methyl sites for hydroxylation is 2. The summed E-state index contributed by atoms with van der Waals surface area (Å²) in [5, 5.41) is 0. The quantitative estimate of drug-likeness (QED) is 0.496. The predicted molar refractivity (Wildman–Crippen MR) is 87.9 cm³/mol. The van der Waals surface area contributed by atoms with Gasteiger partial charge in [-0.05, 0) is 50.0 Å². The first-order chi connectivity index (χ1) is 8.91. The highest BCUT2D eigenvalue weighted by atomic mass is 79.9. The second-order valence-electron chi connectivity index (χ2n) is 6.55. The van der Waals surface area contributed by atoms with E-state index < -0.39 is 0 Å². The normalized spacial score (nSPS) is 26.1. The Balaban J connectivity index is 2.07. The maximum atomic E-state index is 3.87. The zero-order chi connectivity index (χ0) is 14.0. The molecule has 0 N–H and O–H groups in total. The molecule has 0 aromatic heterocycles. The van der Waals surface area contributed by atoms with Gasteiger partial charge in [0.2, 0.25) is 0 Å². The van der Waals surface area contributed by atoms with Gasteiger partial charge in [0.25, 0.3) is 0 Å². The Bertz CT molecular complexity index is 453. The summed E-state index contributed by atoms with van der Waals surface area (Å²) in [5.41, 5.74) is 4.74. The van der Waals surface area contributed by atoms with Gasteiger partial charge in [0.05, 0.1) is 0 Å². The fourth-order valence-corrected chi connectivity index (χ4v) is 3.71. The lowest BCUT2D eigenvalue weighted by Gasteiger charge is -2.42. The molecule has 0 amide bonds. The SMILES string of the molecule is CC1=CC[C@@H](Br)C(C)(C)[C@H]1CCc1ccc(C)cc1. The molecule has 0 spiro atoms. The molecule has 1 aromatic rings. The van der Waals surface area contributed by atoms with Crippen LogP contribution in [0.3, 0.4) is 0 Å². The second-order valence-corrected chi connectivity index (χ2v) is 7.65. The maximum Gasteiger partial charge on any atom is 0.0237 e. The molecule has 1 heteroatoms. The minimum atomic E-state index is 0.351. The summed E-state index contributed by atoms with van der Waals surface area (Å²) in [7, 11) is 0. The van der Waals surface area contributed by atoms with Crippen molar-refractivity contribution >= 4 is 15.9 Å². The molecule has 2 rings (SSSR count). The van der Waals surface area contributed by atoms with E-state index in [1.165, 1.54) is 30.4 Å². The molecule has 0 saturated heterocycles. The van der Waals surface area contributed by atoms with Gasteiger partial charge in [-0.3, -0.25) is 0 Å². The molecule has 0 fully saturated rings. The number of benzene rings is 1. The lowest BCUT2D eigenvalue weighted by atomic mass is 9.66. The third-order valence-corrected chi connectivity index (χ3v) is 6.30. The van der Waals surface area contributed by atoms with E-state index in [0.717, 1.165) is 0 Å². The lowest BCUT2D eigenvalue weighted by Crippen LogP contribution is -2.36. The van der Waals surface area contributed by atoms with Crippen LogP contribution in [0.2, 0.25) is 0 Å². The highest BCUT2D eigenvalue weighted by Crippen LogP contribution is 2.46. The molecule has 0 aliphatic heterocycles. The van der Waals surface area contributed by atoms with E-state index in [9.17, 15) is 0 Å². The third kappa shape index (κ3) is 3.31. The summed E-state index contributed by atoms with van der Waals surface area (Å²) in [5.74, 6) is 0.687. The molecule has 104 valence electrons. The van der Waals surface area contributed by atoms with Crippen molar-refractivity contribution in [2.24, 2.45) is 11.3 Å². The van der Waals surface area contributed by atoms with Crippen molar-refractivity contribution in [3.8, 4) is 0 Å². The van der Waals surface area contributed by atoms with E-state index in [4.69, 9.17) is 0 Å². The van der Waals surface area contributed by atoms with E-state index in [0.29, 0.717) is 16.2 Å². The first kappa shape index (κ1) is 14.8. The monoisotopic (exact) mass is 320 g/mol. The average molecular weight is 321 g/mol. The summed E-state index contributed by atoms with van der Waals surface area (Å²) in [4.78, 5) is 0.603. The van der Waals surface area contributed by atoms with E-state index in [-0.39, 0.29) is 0 Å². The van der Waals surface area contributed by atoms with Gasteiger partial charge in [0, 0.05) is 4.83 Å². The van der Waals surface area contributed by atoms with Crippen molar-refractivity contribution in [3.63, 3.8) is 0 Å². The van der Waals surface area contributed by atoms with Crippen LogP contribution < -0.4 is 0 Å². The molecule has 1 aliphatic rings. The molecule has 0 nitrogen and oxygen atoms in total. The van der Waals surface area contributed by atoms with Gasteiger partial charge in [-0.15, -0.1) is 0 Å². The topological polar surface area (TPSA) is 0 Å². The van der Waals surface area contributed by atoms with Crippen LogP contribution in [-0.4, -0.2) is 4.83 Å². The van der Waals surface area contributed by atoms with Gasteiger partial charge >= 0.3 is 0 Å². The van der Waals surface area contributed by atoms with Crippen molar-refractivity contribution in [2.45, 2.75) is 51.8 Å². The molecule has 2 atom stereocenters. The minimum absolute atomic E-state index is 0.351. The van der Waals surface area contributed by atoms with E-state index >= 15 is 0 Å². The molecule has 0 bridgehead atoms. The molecule has 0 heterocycles. The van der Waals surface area contributed by atoms with Crippen LogP contribution in [0.25, 0.3) is 0 Å².